The summed E-state index contributed by atoms with van der Waals surface area (Å²) < 4.78 is 46.5. The Kier molecular flexibility index (Phi) is 7.95. The minimum atomic E-state index is -4.40. The molecule has 0 amide bonds. The Morgan fingerprint density at radius 3 is 2.60 bits per heavy atom. The van der Waals surface area contributed by atoms with Crippen LogP contribution in [0.5, 0.6) is 5.88 Å². The normalized spacial score (nSPS) is 12.8. The molecule has 142 valence electrons. The van der Waals surface area contributed by atoms with Gasteiger partial charge < -0.3 is 20.1 Å². The number of rotatable bonds is 8. The molecule has 0 saturated carbocycles. The van der Waals surface area contributed by atoms with Crippen LogP contribution < -0.4 is 15.4 Å². The summed E-state index contributed by atoms with van der Waals surface area (Å²) in [5, 5.41) is 6.26. The van der Waals surface area contributed by atoms with E-state index in [1.165, 1.54) is 12.3 Å². The Labute approximate surface area is 145 Å². The molecule has 1 aromatic rings. The van der Waals surface area contributed by atoms with Crippen LogP contribution in [0.3, 0.4) is 0 Å². The quantitative estimate of drug-likeness (QED) is 0.549. The predicted molar refractivity (Wildman–Crippen MR) is 89.7 cm³/mol. The van der Waals surface area contributed by atoms with Gasteiger partial charge in [0, 0.05) is 32.5 Å². The van der Waals surface area contributed by atoms with Crippen LogP contribution in [0.2, 0.25) is 0 Å². The fourth-order valence-electron chi connectivity index (χ4n) is 1.66. The average molecular weight is 362 g/mol. The van der Waals surface area contributed by atoms with Gasteiger partial charge in [0.05, 0.1) is 12.1 Å². The summed E-state index contributed by atoms with van der Waals surface area (Å²) in [6.07, 6.45) is -3.00. The number of hydrogen-bond donors (Lipinski definition) is 2. The van der Waals surface area contributed by atoms with E-state index in [1.54, 1.807) is 13.2 Å². The molecule has 0 saturated heterocycles. The maximum Gasteiger partial charge on any atom is 0.422 e. The fourth-order valence-corrected chi connectivity index (χ4v) is 1.66. The Hall–Kier alpha value is -2.03. The number of guanidine groups is 1. The first-order valence-corrected chi connectivity index (χ1v) is 7.87. The van der Waals surface area contributed by atoms with Crippen molar-refractivity contribution in [2.45, 2.75) is 39.1 Å². The molecule has 0 fully saturated rings. The van der Waals surface area contributed by atoms with Gasteiger partial charge in [-0.2, -0.15) is 13.2 Å². The van der Waals surface area contributed by atoms with E-state index in [9.17, 15) is 13.2 Å². The fraction of sp³-hybridized carbons (Fsp3) is 0.625. The monoisotopic (exact) mass is 362 g/mol. The lowest BCUT2D eigenvalue weighted by atomic mass is 10.1. The van der Waals surface area contributed by atoms with Gasteiger partial charge in [0.25, 0.3) is 0 Å². The number of halogens is 3. The smallest absolute Gasteiger partial charge is 0.422 e. The van der Waals surface area contributed by atoms with Crippen LogP contribution in [0.1, 0.15) is 26.3 Å². The number of alkyl halides is 3. The molecule has 0 aromatic carbocycles. The number of nitrogens with zero attached hydrogens (tertiary/aromatic N) is 2. The Morgan fingerprint density at radius 1 is 1.28 bits per heavy atom. The van der Waals surface area contributed by atoms with Crippen LogP contribution in [-0.2, 0) is 11.3 Å². The highest BCUT2D eigenvalue weighted by Crippen LogP contribution is 2.17. The van der Waals surface area contributed by atoms with E-state index in [2.05, 4.69) is 25.3 Å². The molecule has 0 aliphatic rings. The summed E-state index contributed by atoms with van der Waals surface area (Å²) in [6.45, 7) is 5.94. The van der Waals surface area contributed by atoms with Gasteiger partial charge in [-0.25, -0.2) is 9.98 Å². The highest BCUT2D eigenvalue weighted by Gasteiger charge is 2.28. The summed E-state index contributed by atoms with van der Waals surface area (Å²) in [5.41, 5.74) is 0.334. The Balaban J connectivity index is 2.69. The molecule has 2 N–H and O–H groups in total. The third-order valence-electron chi connectivity index (χ3n) is 3.18. The first kappa shape index (κ1) is 21.0. The van der Waals surface area contributed by atoms with Crippen molar-refractivity contribution in [2.24, 2.45) is 4.99 Å². The van der Waals surface area contributed by atoms with E-state index in [0.717, 1.165) is 0 Å². The summed E-state index contributed by atoms with van der Waals surface area (Å²) in [6, 6.07) is 3.12. The van der Waals surface area contributed by atoms with E-state index >= 15 is 0 Å². The van der Waals surface area contributed by atoms with Crippen LogP contribution in [-0.4, -0.2) is 49.5 Å². The lowest BCUT2D eigenvalue weighted by Crippen LogP contribution is -2.45. The maximum absolute atomic E-state index is 12.2. The topological polar surface area (TPSA) is 67.8 Å². The first-order valence-electron chi connectivity index (χ1n) is 7.87. The number of hydrogen-bond acceptors (Lipinski definition) is 4. The van der Waals surface area contributed by atoms with Gasteiger partial charge in [-0.05, 0) is 32.4 Å². The molecule has 0 aliphatic heterocycles. The number of aromatic nitrogens is 1. The zero-order valence-electron chi connectivity index (χ0n) is 14.9. The van der Waals surface area contributed by atoms with Gasteiger partial charge in [0.15, 0.2) is 12.6 Å². The molecular weight excluding hydrogens is 337 g/mol. The van der Waals surface area contributed by atoms with E-state index in [4.69, 9.17) is 4.74 Å². The van der Waals surface area contributed by atoms with Crippen molar-refractivity contribution in [1.29, 1.82) is 0 Å². The average Bonchev–Trinajstić information content (AvgIpc) is 2.55. The second-order valence-electron chi connectivity index (χ2n) is 5.92. The molecule has 9 heteroatoms. The summed E-state index contributed by atoms with van der Waals surface area (Å²) >= 11 is 0. The SMILES string of the molecule is CCNC(=NCc1ccnc(OCC(F)(F)F)c1)NCC(C)(C)OC. The van der Waals surface area contributed by atoms with Crippen LogP contribution in [0.25, 0.3) is 0 Å². The Bertz CT molecular complexity index is 563. The van der Waals surface area contributed by atoms with Crippen LogP contribution in [0, 0.1) is 0 Å². The lowest BCUT2D eigenvalue weighted by molar-refractivity contribution is -0.154. The second-order valence-corrected chi connectivity index (χ2v) is 5.92. The molecule has 6 nitrogen and oxygen atoms in total. The minimum Gasteiger partial charge on any atom is -0.468 e. The first-order chi connectivity index (χ1) is 11.6. The number of aliphatic imine (C=N–C) groups is 1. The lowest BCUT2D eigenvalue weighted by Gasteiger charge is -2.24. The zero-order chi connectivity index (χ0) is 18.9. The Morgan fingerprint density at radius 2 is 2.00 bits per heavy atom. The van der Waals surface area contributed by atoms with Crippen molar-refractivity contribution in [3.8, 4) is 5.88 Å². The molecule has 0 spiro atoms. The van der Waals surface area contributed by atoms with Gasteiger partial charge in [0.1, 0.15) is 0 Å². The largest absolute Gasteiger partial charge is 0.468 e. The van der Waals surface area contributed by atoms with E-state index in [0.29, 0.717) is 24.6 Å². The van der Waals surface area contributed by atoms with Gasteiger partial charge in [-0.3, -0.25) is 0 Å². The molecule has 1 rings (SSSR count). The van der Waals surface area contributed by atoms with Crippen molar-refractivity contribution in [3.63, 3.8) is 0 Å². The summed E-state index contributed by atoms with van der Waals surface area (Å²) in [4.78, 5) is 8.17. The van der Waals surface area contributed by atoms with E-state index < -0.39 is 12.8 Å². The second kappa shape index (κ2) is 9.45. The highest BCUT2D eigenvalue weighted by molar-refractivity contribution is 5.79. The van der Waals surface area contributed by atoms with Crippen LogP contribution in [0.15, 0.2) is 23.3 Å². The maximum atomic E-state index is 12.2. The molecule has 0 radical (unpaired) electrons. The van der Waals surface area contributed by atoms with Crippen molar-refractivity contribution in [3.05, 3.63) is 23.9 Å². The van der Waals surface area contributed by atoms with Crippen molar-refractivity contribution in [2.75, 3.05) is 26.8 Å². The van der Waals surface area contributed by atoms with Gasteiger partial charge in [0.2, 0.25) is 5.88 Å². The highest BCUT2D eigenvalue weighted by atomic mass is 19.4. The van der Waals surface area contributed by atoms with Crippen molar-refractivity contribution < 1.29 is 22.6 Å². The van der Waals surface area contributed by atoms with Crippen LogP contribution >= 0.6 is 0 Å². The molecule has 0 atom stereocenters. The van der Waals surface area contributed by atoms with Gasteiger partial charge in [-0.1, -0.05) is 0 Å². The molecule has 1 aromatic heterocycles. The molecule has 0 aliphatic carbocycles. The molecule has 25 heavy (non-hydrogen) atoms. The predicted octanol–water partition coefficient (Wildman–Crippen LogP) is 2.50. The molecule has 0 bridgehead atoms. The zero-order valence-corrected chi connectivity index (χ0v) is 14.9. The molecular formula is C16H25F3N4O2. The van der Waals surface area contributed by atoms with Crippen LogP contribution in [0.4, 0.5) is 13.2 Å². The van der Waals surface area contributed by atoms with Gasteiger partial charge in [-0.15, -0.1) is 0 Å². The number of methoxy groups -OCH3 is 1. The van der Waals surface area contributed by atoms with Crippen molar-refractivity contribution in [1.82, 2.24) is 15.6 Å². The third kappa shape index (κ3) is 9.13. The van der Waals surface area contributed by atoms with E-state index in [1.807, 2.05) is 20.8 Å². The van der Waals surface area contributed by atoms with E-state index in [-0.39, 0.29) is 18.0 Å². The number of nitrogens with one attached hydrogen (secondary N) is 2. The standard InChI is InChI=1S/C16H25F3N4O2/c1-5-20-14(23-10-15(2,3)24-4)22-9-12-6-7-21-13(8-12)25-11-16(17,18)19/h6-8H,5,9-11H2,1-4H3,(H2,20,22,23). The summed E-state index contributed by atoms with van der Waals surface area (Å²) in [5.74, 6) is 0.505. The third-order valence-corrected chi connectivity index (χ3v) is 3.18. The molecule has 1 heterocycles. The number of pyridine rings is 1. The minimum absolute atomic E-state index is 0.0801. The van der Waals surface area contributed by atoms with Gasteiger partial charge >= 0.3 is 6.18 Å². The number of ether oxygens (including phenoxy) is 2. The summed E-state index contributed by atoms with van der Waals surface area (Å²) in [7, 11) is 1.63. The molecule has 0 unspecified atom stereocenters. The van der Waals surface area contributed by atoms with Crippen molar-refractivity contribution >= 4 is 5.96 Å².